The van der Waals surface area contributed by atoms with Crippen molar-refractivity contribution in [2.75, 3.05) is 7.11 Å². The van der Waals surface area contributed by atoms with Gasteiger partial charge in [-0.1, -0.05) is 19.9 Å². The molecule has 50 valence electrons. The molecule has 0 fully saturated rings. The Labute approximate surface area is 52.4 Å². The number of methoxy groups -OCH3 is 1. The van der Waals surface area contributed by atoms with Crippen LogP contribution >= 0.6 is 0 Å². The maximum Gasteiger partial charge on any atom is 0.0721 e. The molecule has 0 N–H and O–H groups in total. The molecule has 0 heterocycles. The van der Waals surface area contributed by atoms with Crippen molar-refractivity contribution in [2.24, 2.45) is 0 Å². The van der Waals surface area contributed by atoms with Crippen molar-refractivity contribution in [1.82, 2.24) is 0 Å². The summed E-state index contributed by atoms with van der Waals surface area (Å²) in [6.45, 7) is 9.44. The average molecular weight is 116 g/mol. The van der Waals surface area contributed by atoms with E-state index in [1.54, 1.807) is 13.2 Å². The molecule has 1 heteroatoms. The van der Waals surface area contributed by atoms with E-state index in [1.807, 2.05) is 20.8 Å². The van der Waals surface area contributed by atoms with Crippen LogP contribution in [-0.2, 0) is 4.74 Å². The summed E-state index contributed by atoms with van der Waals surface area (Å²) in [5, 5.41) is 0. The first kappa shape index (κ1) is 10.6. The van der Waals surface area contributed by atoms with Crippen molar-refractivity contribution in [2.45, 2.75) is 26.9 Å². The Kier molecular flexibility index (Phi) is 13.1. The van der Waals surface area contributed by atoms with E-state index in [9.17, 15) is 0 Å². The van der Waals surface area contributed by atoms with Gasteiger partial charge in [0.1, 0.15) is 0 Å². The van der Waals surface area contributed by atoms with E-state index < -0.39 is 0 Å². The van der Waals surface area contributed by atoms with Crippen LogP contribution in [-0.4, -0.2) is 13.2 Å². The lowest BCUT2D eigenvalue weighted by atomic mass is 10.4. The Balaban J connectivity index is 0. The van der Waals surface area contributed by atoms with Crippen molar-refractivity contribution in [3.05, 3.63) is 12.7 Å². The highest BCUT2D eigenvalue weighted by atomic mass is 16.5. The third-order valence-corrected chi connectivity index (χ3v) is 0.704. The fourth-order valence-electron chi connectivity index (χ4n) is 0.0962. The highest BCUT2D eigenvalue weighted by Gasteiger charge is 1.83. The van der Waals surface area contributed by atoms with Crippen molar-refractivity contribution >= 4 is 0 Å². The highest BCUT2D eigenvalue weighted by Crippen LogP contribution is 1.83. The van der Waals surface area contributed by atoms with E-state index in [0.29, 0.717) is 0 Å². The minimum Gasteiger partial charge on any atom is -0.378 e. The minimum absolute atomic E-state index is 0.199. The third kappa shape index (κ3) is 9.20. The molecule has 0 saturated heterocycles. The highest BCUT2D eigenvalue weighted by molar-refractivity contribution is 4.73. The van der Waals surface area contributed by atoms with Crippen LogP contribution in [0.3, 0.4) is 0 Å². The van der Waals surface area contributed by atoms with Gasteiger partial charge in [0.25, 0.3) is 0 Å². The lowest BCUT2D eigenvalue weighted by Crippen LogP contribution is -1.96. The molecule has 0 aliphatic carbocycles. The molecular weight excluding hydrogens is 100 g/mol. The zero-order chi connectivity index (χ0) is 6.99. The van der Waals surface area contributed by atoms with Gasteiger partial charge in [-0.2, -0.15) is 0 Å². The van der Waals surface area contributed by atoms with Crippen LogP contribution in [0.4, 0.5) is 0 Å². The smallest absolute Gasteiger partial charge is 0.0721 e. The molecule has 0 aromatic heterocycles. The van der Waals surface area contributed by atoms with Crippen LogP contribution in [0.2, 0.25) is 0 Å². The molecule has 0 aliphatic heterocycles. The van der Waals surface area contributed by atoms with Gasteiger partial charge in [-0.25, -0.2) is 0 Å². The van der Waals surface area contributed by atoms with Crippen LogP contribution in [0.1, 0.15) is 20.8 Å². The van der Waals surface area contributed by atoms with Crippen molar-refractivity contribution < 1.29 is 4.74 Å². The van der Waals surface area contributed by atoms with Gasteiger partial charge in [0.2, 0.25) is 0 Å². The molecule has 1 unspecified atom stereocenters. The molecule has 0 aromatic rings. The monoisotopic (exact) mass is 116 g/mol. The van der Waals surface area contributed by atoms with Crippen molar-refractivity contribution in [3.8, 4) is 0 Å². The van der Waals surface area contributed by atoms with E-state index in [2.05, 4.69) is 6.58 Å². The molecule has 0 saturated carbocycles. The summed E-state index contributed by atoms with van der Waals surface area (Å²) in [4.78, 5) is 0. The maximum atomic E-state index is 4.78. The van der Waals surface area contributed by atoms with Crippen LogP contribution in [0.25, 0.3) is 0 Å². The quantitative estimate of drug-likeness (QED) is 0.503. The molecule has 0 bridgehead atoms. The Bertz CT molecular complexity index is 41.7. The Hall–Kier alpha value is -0.300. The molecule has 0 aromatic carbocycles. The summed E-state index contributed by atoms with van der Waals surface area (Å²) in [6, 6.07) is 0. The van der Waals surface area contributed by atoms with E-state index in [-0.39, 0.29) is 6.10 Å². The van der Waals surface area contributed by atoms with Gasteiger partial charge in [0.15, 0.2) is 0 Å². The number of rotatable bonds is 2. The van der Waals surface area contributed by atoms with Gasteiger partial charge in [0, 0.05) is 7.11 Å². The molecule has 0 radical (unpaired) electrons. The van der Waals surface area contributed by atoms with E-state index in [1.165, 1.54) is 0 Å². The summed E-state index contributed by atoms with van der Waals surface area (Å²) in [6.07, 6.45) is 1.95. The van der Waals surface area contributed by atoms with Gasteiger partial charge in [0.05, 0.1) is 6.10 Å². The lowest BCUT2D eigenvalue weighted by molar-refractivity contribution is 0.156. The first-order valence-corrected chi connectivity index (χ1v) is 2.96. The Morgan fingerprint density at radius 3 is 1.88 bits per heavy atom. The second kappa shape index (κ2) is 9.85. The van der Waals surface area contributed by atoms with Gasteiger partial charge >= 0.3 is 0 Å². The molecule has 1 atom stereocenters. The second-order valence-electron chi connectivity index (χ2n) is 1.18. The topological polar surface area (TPSA) is 9.23 Å². The van der Waals surface area contributed by atoms with Gasteiger partial charge < -0.3 is 4.74 Å². The van der Waals surface area contributed by atoms with Gasteiger partial charge in [-0.15, -0.1) is 6.58 Å². The summed E-state index contributed by atoms with van der Waals surface area (Å²) in [5.41, 5.74) is 0. The molecule has 0 spiro atoms. The average Bonchev–Trinajstić information content (AvgIpc) is 1.91. The minimum atomic E-state index is 0.199. The summed E-state index contributed by atoms with van der Waals surface area (Å²) < 4.78 is 4.78. The van der Waals surface area contributed by atoms with E-state index in [4.69, 9.17) is 4.74 Å². The van der Waals surface area contributed by atoms with Gasteiger partial charge in [-0.3, -0.25) is 0 Å². The largest absolute Gasteiger partial charge is 0.378 e. The third-order valence-electron chi connectivity index (χ3n) is 0.704. The van der Waals surface area contributed by atoms with E-state index in [0.717, 1.165) is 0 Å². The molecule has 0 amide bonds. The summed E-state index contributed by atoms with van der Waals surface area (Å²) >= 11 is 0. The SMILES string of the molecule is C=CC(C)OC.CC. The van der Waals surface area contributed by atoms with Gasteiger partial charge in [-0.05, 0) is 6.92 Å². The molecular formula is C7H16O. The molecule has 8 heavy (non-hydrogen) atoms. The molecule has 0 aliphatic rings. The fourth-order valence-corrected chi connectivity index (χ4v) is 0.0962. The lowest BCUT2D eigenvalue weighted by Gasteiger charge is -1.97. The first-order valence-electron chi connectivity index (χ1n) is 2.96. The zero-order valence-electron chi connectivity index (χ0n) is 6.27. The zero-order valence-corrected chi connectivity index (χ0v) is 6.27. The van der Waals surface area contributed by atoms with Crippen LogP contribution in [0.15, 0.2) is 12.7 Å². The normalized spacial score (nSPS) is 11.0. The van der Waals surface area contributed by atoms with Crippen LogP contribution < -0.4 is 0 Å². The summed E-state index contributed by atoms with van der Waals surface area (Å²) in [7, 11) is 1.66. The predicted molar refractivity (Wildman–Crippen MR) is 38.0 cm³/mol. The van der Waals surface area contributed by atoms with E-state index >= 15 is 0 Å². The summed E-state index contributed by atoms with van der Waals surface area (Å²) in [5.74, 6) is 0. The van der Waals surface area contributed by atoms with Crippen LogP contribution in [0, 0.1) is 0 Å². The van der Waals surface area contributed by atoms with Crippen molar-refractivity contribution in [1.29, 1.82) is 0 Å². The Morgan fingerprint density at radius 1 is 1.50 bits per heavy atom. The first-order chi connectivity index (χ1) is 3.81. The van der Waals surface area contributed by atoms with Crippen LogP contribution in [0.5, 0.6) is 0 Å². The molecule has 0 rings (SSSR count). The standard InChI is InChI=1S/C5H10O.C2H6/c1-4-5(2)6-3;1-2/h4-5H,1H2,2-3H3;1-2H3. The Morgan fingerprint density at radius 2 is 1.88 bits per heavy atom. The predicted octanol–water partition coefficient (Wildman–Crippen LogP) is 2.23. The number of hydrogen-bond acceptors (Lipinski definition) is 1. The maximum absolute atomic E-state index is 4.78. The fraction of sp³-hybridized carbons (Fsp3) is 0.714. The molecule has 1 nitrogen and oxygen atoms in total. The number of ether oxygens (including phenoxy) is 1. The number of hydrogen-bond donors (Lipinski definition) is 0. The van der Waals surface area contributed by atoms with Crippen molar-refractivity contribution in [3.63, 3.8) is 0 Å². The second-order valence-corrected chi connectivity index (χ2v) is 1.18.